The molecule has 0 N–H and O–H groups in total. The van der Waals surface area contributed by atoms with Crippen LogP contribution in [0.5, 0.6) is 5.75 Å². The molecule has 0 spiro atoms. The first-order valence-electron chi connectivity index (χ1n) is 5.82. The van der Waals surface area contributed by atoms with Crippen molar-refractivity contribution in [1.82, 2.24) is 0 Å². The fourth-order valence-electron chi connectivity index (χ4n) is 1.85. The zero-order valence-corrected chi connectivity index (χ0v) is 12.0. The Labute approximate surface area is 119 Å². The summed E-state index contributed by atoms with van der Waals surface area (Å²) < 4.78 is 31.8. The van der Waals surface area contributed by atoms with Crippen LogP contribution >= 0.6 is 15.9 Å². The summed E-state index contributed by atoms with van der Waals surface area (Å²) in [6.07, 6.45) is 0.488. The number of hydrogen-bond donors (Lipinski definition) is 0. The molecule has 0 amide bonds. The van der Waals surface area contributed by atoms with Crippen LogP contribution in [-0.2, 0) is 6.42 Å². The Kier molecular flexibility index (Phi) is 4.53. The molecule has 0 aliphatic rings. The maximum Gasteiger partial charge on any atom is 0.165 e. The minimum atomic E-state index is -0.406. The number of methoxy groups -OCH3 is 1. The van der Waals surface area contributed by atoms with E-state index in [9.17, 15) is 8.78 Å². The van der Waals surface area contributed by atoms with Gasteiger partial charge >= 0.3 is 0 Å². The van der Waals surface area contributed by atoms with Crippen LogP contribution in [0.4, 0.5) is 8.78 Å². The van der Waals surface area contributed by atoms with Crippen molar-refractivity contribution in [2.45, 2.75) is 11.2 Å². The van der Waals surface area contributed by atoms with Gasteiger partial charge in [0.05, 0.1) is 7.11 Å². The van der Waals surface area contributed by atoms with E-state index in [1.807, 2.05) is 0 Å². The van der Waals surface area contributed by atoms with Crippen molar-refractivity contribution in [3.05, 3.63) is 65.2 Å². The lowest BCUT2D eigenvalue weighted by atomic mass is 10.0. The van der Waals surface area contributed by atoms with Gasteiger partial charge in [-0.05, 0) is 35.7 Å². The molecule has 0 bridgehead atoms. The van der Waals surface area contributed by atoms with Crippen LogP contribution in [0.25, 0.3) is 0 Å². The number of benzene rings is 2. The maximum absolute atomic E-state index is 13.6. The third kappa shape index (κ3) is 3.32. The highest BCUT2D eigenvalue weighted by Crippen LogP contribution is 2.31. The molecule has 2 aromatic carbocycles. The maximum atomic E-state index is 13.6. The minimum absolute atomic E-state index is 0.0982. The highest BCUT2D eigenvalue weighted by atomic mass is 79.9. The van der Waals surface area contributed by atoms with Gasteiger partial charge in [0.1, 0.15) is 5.82 Å². The SMILES string of the molecule is COc1cc(C(Br)Cc2ccccc2F)ccc1F. The van der Waals surface area contributed by atoms with Crippen LogP contribution in [-0.4, -0.2) is 7.11 Å². The summed E-state index contributed by atoms with van der Waals surface area (Å²) in [6.45, 7) is 0. The van der Waals surface area contributed by atoms with E-state index in [4.69, 9.17) is 4.74 Å². The number of alkyl halides is 1. The molecule has 0 aliphatic carbocycles. The van der Waals surface area contributed by atoms with Crippen molar-refractivity contribution >= 4 is 15.9 Å². The molecule has 0 aromatic heterocycles. The third-order valence-electron chi connectivity index (χ3n) is 2.89. The smallest absolute Gasteiger partial charge is 0.165 e. The Hall–Kier alpha value is -1.42. The first-order chi connectivity index (χ1) is 9.11. The molecular weight excluding hydrogens is 314 g/mol. The fraction of sp³-hybridized carbons (Fsp3) is 0.200. The van der Waals surface area contributed by atoms with E-state index in [0.29, 0.717) is 12.0 Å². The van der Waals surface area contributed by atoms with Gasteiger partial charge in [-0.2, -0.15) is 0 Å². The standard InChI is InChI=1S/C15H13BrF2O/c1-19-15-9-10(6-7-14(15)18)12(16)8-11-4-2-3-5-13(11)17/h2-7,9,12H,8H2,1H3. The Bertz CT molecular complexity index is 572. The first-order valence-corrected chi connectivity index (χ1v) is 6.74. The number of halogens is 3. The average Bonchev–Trinajstić information content (AvgIpc) is 2.42. The van der Waals surface area contributed by atoms with E-state index in [1.165, 1.54) is 19.2 Å². The second-order valence-corrected chi connectivity index (χ2v) is 5.26. The zero-order chi connectivity index (χ0) is 13.8. The van der Waals surface area contributed by atoms with Crippen molar-refractivity contribution in [2.75, 3.05) is 7.11 Å². The van der Waals surface area contributed by atoms with Crippen molar-refractivity contribution in [3.63, 3.8) is 0 Å². The molecule has 0 heterocycles. The van der Waals surface area contributed by atoms with E-state index in [0.717, 1.165) is 5.56 Å². The van der Waals surface area contributed by atoms with E-state index in [2.05, 4.69) is 15.9 Å². The molecule has 2 aromatic rings. The van der Waals surface area contributed by atoms with Gasteiger partial charge in [0, 0.05) is 4.83 Å². The molecule has 1 nitrogen and oxygen atoms in total. The topological polar surface area (TPSA) is 9.23 Å². The lowest BCUT2D eigenvalue weighted by molar-refractivity contribution is 0.386. The molecule has 4 heteroatoms. The minimum Gasteiger partial charge on any atom is -0.494 e. The van der Waals surface area contributed by atoms with E-state index < -0.39 is 5.82 Å². The van der Waals surface area contributed by atoms with Crippen LogP contribution in [0.3, 0.4) is 0 Å². The van der Waals surface area contributed by atoms with Crippen molar-refractivity contribution in [3.8, 4) is 5.75 Å². The van der Waals surface area contributed by atoms with Gasteiger partial charge in [-0.3, -0.25) is 0 Å². The van der Waals surface area contributed by atoms with Crippen LogP contribution < -0.4 is 4.74 Å². The summed E-state index contributed by atoms with van der Waals surface area (Å²) in [6, 6.07) is 11.3. The lowest BCUT2D eigenvalue weighted by Crippen LogP contribution is -1.99. The molecule has 1 atom stereocenters. The third-order valence-corrected chi connectivity index (χ3v) is 3.75. The zero-order valence-electron chi connectivity index (χ0n) is 10.4. The first kappa shape index (κ1) is 14.0. The predicted molar refractivity (Wildman–Crippen MR) is 74.7 cm³/mol. The molecular formula is C15H13BrF2O. The summed E-state index contributed by atoms with van der Waals surface area (Å²) in [5, 5.41) is 0. The molecule has 0 saturated carbocycles. The Morgan fingerprint density at radius 3 is 2.53 bits per heavy atom. The van der Waals surface area contributed by atoms with E-state index >= 15 is 0 Å². The normalized spacial score (nSPS) is 12.2. The highest BCUT2D eigenvalue weighted by Gasteiger charge is 2.13. The van der Waals surface area contributed by atoms with Gasteiger partial charge < -0.3 is 4.74 Å². The van der Waals surface area contributed by atoms with Gasteiger partial charge in [-0.1, -0.05) is 40.2 Å². The largest absolute Gasteiger partial charge is 0.494 e. The summed E-state index contributed by atoms with van der Waals surface area (Å²) in [4.78, 5) is -0.0982. The van der Waals surface area contributed by atoms with Gasteiger partial charge in [0.2, 0.25) is 0 Å². The predicted octanol–water partition coefficient (Wildman–Crippen LogP) is 4.65. The Morgan fingerprint density at radius 1 is 1.11 bits per heavy atom. The monoisotopic (exact) mass is 326 g/mol. The number of hydrogen-bond acceptors (Lipinski definition) is 1. The molecule has 100 valence electrons. The van der Waals surface area contributed by atoms with Crippen molar-refractivity contribution in [1.29, 1.82) is 0 Å². The van der Waals surface area contributed by atoms with Gasteiger partial charge in [0.15, 0.2) is 11.6 Å². The van der Waals surface area contributed by atoms with Gasteiger partial charge in [-0.15, -0.1) is 0 Å². The fourth-order valence-corrected chi connectivity index (χ4v) is 2.48. The van der Waals surface area contributed by atoms with Gasteiger partial charge in [0.25, 0.3) is 0 Å². The molecule has 1 unspecified atom stereocenters. The second kappa shape index (κ2) is 6.15. The van der Waals surface area contributed by atoms with Crippen LogP contribution in [0.2, 0.25) is 0 Å². The highest BCUT2D eigenvalue weighted by molar-refractivity contribution is 9.09. The van der Waals surface area contributed by atoms with Crippen LogP contribution in [0, 0.1) is 11.6 Å². The molecule has 0 saturated heterocycles. The number of rotatable bonds is 4. The molecule has 0 aliphatic heterocycles. The number of ether oxygens (including phenoxy) is 1. The lowest BCUT2D eigenvalue weighted by Gasteiger charge is -2.12. The van der Waals surface area contributed by atoms with Crippen molar-refractivity contribution in [2.24, 2.45) is 0 Å². The van der Waals surface area contributed by atoms with E-state index in [1.54, 1.807) is 30.3 Å². The van der Waals surface area contributed by atoms with Gasteiger partial charge in [-0.25, -0.2) is 8.78 Å². The Morgan fingerprint density at radius 2 is 1.84 bits per heavy atom. The van der Waals surface area contributed by atoms with Crippen LogP contribution in [0.15, 0.2) is 42.5 Å². The summed E-state index contributed by atoms with van der Waals surface area (Å²) in [5.41, 5.74) is 1.47. The Balaban J connectivity index is 2.20. The van der Waals surface area contributed by atoms with Crippen molar-refractivity contribution < 1.29 is 13.5 Å². The molecule has 0 fully saturated rings. The second-order valence-electron chi connectivity index (χ2n) is 4.16. The summed E-state index contributed by atoms with van der Waals surface area (Å²) in [5.74, 6) is -0.451. The van der Waals surface area contributed by atoms with E-state index in [-0.39, 0.29) is 16.4 Å². The summed E-state index contributed by atoms with van der Waals surface area (Å²) >= 11 is 3.50. The average molecular weight is 327 g/mol. The molecule has 2 rings (SSSR count). The molecule has 19 heavy (non-hydrogen) atoms. The quantitative estimate of drug-likeness (QED) is 0.743. The van der Waals surface area contributed by atoms with Crippen LogP contribution in [0.1, 0.15) is 16.0 Å². The summed E-state index contributed by atoms with van der Waals surface area (Å²) in [7, 11) is 1.42. The molecule has 0 radical (unpaired) electrons.